The molecule has 3 heteroatoms. The molecule has 14 heavy (non-hydrogen) atoms. The predicted octanol–water partition coefficient (Wildman–Crippen LogP) is 1.96. The van der Waals surface area contributed by atoms with Crippen molar-refractivity contribution in [2.45, 2.75) is 47.1 Å². The van der Waals surface area contributed by atoms with Gasteiger partial charge in [-0.3, -0.25) is 14.6 Å². The number of H-pyrrole nitrogens is 1. The lowest BCUT2D eigenvalue weighted by atomic mass is 10.0. The molecule has 0 aliphatic rings. The lowest BCUT2D eigenvalue weighted by Gasteiger charge is -2.09. The molecule has 1 aromatic rings. The first-order valence-corrected chi connectivity index (χ1v) is 5.40. The third-order valence-corrected chi connectivity index (χ3v) is 2.46. The van der Waals surface area contributed by atoms with Crippen LogP contribution in [0.25, 0.3) is 0 Å². The minimum Gasteiger partial charge on any atom is -0.289 e. The number of aromatic nitrogens is 2. The first-order chi connectivity index (χ1) is 6.60. The molecule has 1 heterocycles. The zero-order chi connectivity index (χ0) is 10.7. The molecule has 1 rings (SSSR count). The fourth-order valence-corrected chi connectivity index (χ4v) is 1.81. The fraction of sp³-hybridized carbons (Fsp3) is 0.727. The van der Waals surface area contributed by atoms with E-state index in [1.165, 1.54) is 5.69 Å². The van der Waals surface area contributed by atoms with E-state index in [9.17, 15) is 4.79 Å². The molecule has 1 N–H and O–H groups in total. The highest BCUT2D eigenvalue weighted by atomic mass is 16.1. The molecular formula is C11H20N2O. The van der Waals surface area contributed by atoms with Gasteiger partial charge in [0.15, 0.2) is 0 Å². The highest BCUT2D eigenvalue weighted by molar-refractivity contribution is 5.18. The Labute approximate surface area is 85.1 Å². The van der Waals surface area contributed by atoms with Crippen molar-refractivity contribution in [3.8, 4) is 0 Å². The van der Waals surface area contributed by atoms with Crippen LogP contribution >= 0.6 is 0 Å². The van der Waals surface area contributed by atoms with Crippen molar-refractivity contribution in [2.24, 2.45) is 5.92 Å². The van der Waals surface area contributed by atoms with Gasteiger partial charge in [-0.2, -0.15) is 0 Å². The second-order valence-electron chi connectivity index (χ2n) is 4.06. The van der Waals surface area contributed by atoms with Gasteiger partial charge in [0.05, 0.1) is 0 Å². The number of hydrogen-bond acceptors (Lipinski definition) is 1. The Morgan fingerprint density at radius 3 is 2.43 bits per heavy atom. The summed E-state index contributed by atoms with van der Waals surface area (Å²) in [5, 5.41) is 2.88. The molecule has 0 aliphatic heterocycles. The van der Waals surface area contributed by atoms with Crippen LogP contribution in [0.1, 0.15) is 39.0 Å². The molecule has 0 radical (unpaired) electrons. The Kier molecular flexibility index (Phi) is 3.55. The van der Waals surface area contributed by atoms with E-state index in [4.69, 9.17) is 0 Å². The van der Waals surface area contributed by atoms with E-state index < -0.39 is 0 Å². The summed E-state index contributed by atoms with van der Waals surface area (Å²) >= 11 is 0. The maximum atomic E-state index is 11.6. The Bertz CT molecular complexity index is 347. The first-order valence-electron chi connectivity index (χ1n) is 5.40. The lowest BCUT2D eigenvalue weighted by Crippen LogP contribution is -2.07. The standard InChI is InChI=1S/C11H20N2O/c1-5-9-10(7-8(3)4)13(6-2)12-11(9)14/h8H,5-7H2,1-4H3,(H,12,14). The molecule has 0 saturated heterocycles. The molecule has 0 unspecified atom stereocenters. The molecule has 0 fully saturated rings. The summed E-state index contributed by atoms with van der Waals surface area (Å²) < 4.78 is 1.97. The van der Waals surface area contributed by atoms with E-state index in [0.717, 1.165) is 24.9 Å². The fourth-order valence-electron chi connectivity index (χ4n) is 1.81. The number of rotatable bonds is 4. The van der Waals surface area contributed by atoms with Gasteiger partial charge in [-0.05, 0) is 25.7 Å². The minimum atomic E-state index is 0.0880. The van der Waals surface area contributed by atoms with Gasteiger partial charge in [-0.1, -0.05) is 20.8 Å². The molecule has 0 atom stereocenters. The smallest absolute Gasteiger partial charge is 0.267 e. The number of hydrogen-bond donors (Lipinski definition) is 1. The summed E-state index contributed by atoms with van der Waals surface area (Å²) in [5.74, 6) is 0.591. The number of aryl methyl sites for hydroxylation is 1. The summed E-state index contributed by atoms with van der Waals surface area (Å²) in [7, 11) is 0. The third kappa shape index (κ3) is 2.08. The van der Waals surface area contributed by atoms with Crippen molar-refractivity contribution in [1.29, 1.82) is 0 Å². The molecule has 0 aliphatic carbocycles. The molecule has 1 aromatic heterocycles. The number of aromatic amines is 1. The molecule has 0 spiro atoms. The van der Waals surface area contributed by atoms with Crippen molar-refractivity contribution >= 4 is 0 Å². The zero-order valence-electron chi connectivity index (χ0n) is 9.55. The topological polar surface area (TPSA) is 37.8 Å². The minimum absolute atomic E-state index is 0.0880. The third-order valence-electron chi connectivity index (χ3n) is 2.46. The quantitative estimate of drug-likeness (QED) is 0.785. The summed E-state index contributed by atoms with van der Waals surface area (Å²) in [5.41, 5.74) is 2.24. The number of nitrogens with one attached hydrogen (secondary N) is 1. The summed E-state index contributed by atoms with van der Waals surface area (Å²) in [6.07, 6.45) is 1.81. The van der Waals surface area contributed by atoms with E-state index >= 15 is 0 Å². The van der Waals surface area contributed by atoms with Crippen LogP contribution in [0.15, 0.2) is 4.79 Å². The lowest BCUT2D eigenvalue weighted by molar-refractivity contribution is 0.558. The molecule has 0 bridgehead atoms. The molecular weight excluding hydrogens is 176 g/mol. The van der Waals surface area contributed by atoms with Crippen LogP contribution in [0.3, 0.4) is 0 Å². The van der Waals surface area contributed by atoms with Crippen LogP contribution in [0.4, 0.5) is 0 Å². The molecule has 80 valence electrons. The van der Waals surface area contributed by atoms with E-state index in [1.54, 1.807) is 0 Å². The van der Waals surface area contributed by atoms with Crippen molar-refractivity contribution in [3.63, 3.8) is 0 Å². The summed E-state index contributed by atoms with van der Waals surface area (Å²) in [6, 6.07) is 0. The SMILES string of the molecule is CCc1c(CC(C)C)n(CC)[nH]c1=O. The Morgan fingerprint density at radius 2 is 2.00 bits per heavy atom. The van der Waals surface area contributed by atoms with Gasteiger partial charge in [-0.15, -0.1) is 0 Å². The maximum absolute atomic E-state index is 11.6. The van der Waals surface area contributed by atoms with Crippen molar-refractivity contribution in [1.82, 2.24) is 9.78 Å². The van der Waals surface area contributed by atoms with Gasteiger partial charge >= 0.3 is 0 Å². The van der Waals surface area contributed by atoms with Gasteiger partial charge in [0, 0.05) is 17.8 Å². The second-order valence-corrected chi connectivity index (χ2v) is 4.06. The van der Waals surface area contributed by atoms with E-state index in [1.807, 2.05) is 11.6 Å². The average molecular weight is 196 g/mol. The van der Waals surface area contributed by atoms with Crippen LogP contribution in [-0.4, -0.2) is 9.78 Å². The summed E-state index contributed by atoms with van der Waals surface area (Å²) in [4.78, 5) is 11.6. The highest BCUT2D eigenvalue weighted by Gasteiger charge is 2.12. The highest BCUT2D eigenvalue weighted by Crippen LogP contribution is 2.11. The van der Waals surface area contributed by atoms with Gasteiger partial charge in [0.25, 0.3) is 5.56 Å². The summed E-state index contributed by atoms with van der Waals surface area (Å²) in [6.45, 7) is 9.29. The van der Waals surface area contributed by atoms with Crippen molar-refractivity contribution in [2.75, 3.05) is 0 Å². The predicted molar refractivity (Wildman–Crippen MR) is 58.6 cm³/mol. The van der Waals surface area contributed by atoms with Crippen LogP contribution in [0, 0.1) is 5.92 Å². The van der Waals surface area contributed by atoms with Gasteiger partial charge < -0.3 is 0 Å². The van der Waals surface area contributed by atoms with Crippen molar-refractivity contribution in [3.05, 3.63) is 21.6 Å². The second kappa shape index (κ2) is 4.49. The normalized spacial score (nSPS) is 11.2. The Morgan fingerprint density at radius 1 is 1.36 bits per heavy atom. The van der Waals surface area contributed by atoms with Crippen LogP contribution in [0.2, 0.25) is 0 Å². The van der Waals surface area contributed by atoms with Crippen LogP contribution in [-0.2, 0) is 19.4 Å². The van der Waals surface area contributed by atoms with E-state index in [-0.39, 0.29) is 5.56 Å². The Hall–Kier alpha value is -0.990. The van der Waals surface area contributed by atoms with Crippen LogP contribution in [0.5, 0.6) is 0 Å². The molecule has 0 aromatic carbocycles. The monoisotopic (exact) mass is 196 g/mol. The first kappa shape index (κ1) is 11.1. The number of nitrogens with zero attached hydrogens (tertiary/aromatic N) is 1. The largest absolute Gasteiger partial charge is 0.289 e. The molecule has 0 saturated carbocycles. The maximum Gasteiger partial charge on any atom is 0.267 e. The molecule has 3 nitrogen and oxygen atoms in total. The average Bonchev–Trinajstić information content (AvgIpc) is 2.41. The zero-order valence-corrected chi connectivity index (χ0v) is 9.55. The Balaban J connectivity index is 3.14. The van der Waals surface area contributed by atoms with E-state index in [2.05, 4.69) is 25.9 Å². The van der Waals surface area contributed by atoms with E-state index in [0.29, 0.717) is 5.92 Å². The van der Waals surface area contributed by atoms with Gasteiger partial charge in [0.2, 0.25) is 0 Å². The molecule has 0 amide bonds. The van der Waals surface area contributed by atoms with Gasteiger partial charge in [0.1, 0.15) is 0 Å². The van der Waals surface area contributed by atoms with Crippen LogP contribution < -0.4 is 5.56 Å². The van der Waals surface area contributed by atoms with Crippen molar-refractivity contribution < 1.29 is 0 Å². The van der Waals surface area contributed by atoms with Gasteiger partial charge in [-0.25, -0.2) is 0 Å².